The number of pyridine rings is 1. The van der Waals surface area contributed by atoms with Crippen LogP contribution in [0.25, 0.3) is 0 Å². The first kappa shape index (κ1) is 21.9. The summed E-state index contributed by atoms with van der Waals surface area (Å²) in [5.41, 5.74) is 3.28. The van der Waals surface area contributed by atoms with Gasteiger partial charge in [0.15, 0.2) is 0 Å². The Kier molecular flexibility index (Phi) is 7.57. The fourth-order valence-electron chi connectivity index (χ4n) is 2.64. The lowest BCUT2D eigenvalue weighted by Gasteiger charge is -2.31. The van der Waals surface area contributed by atoms with Gasteiger partial charge >= 0.3 is 6.09 Å². The third-order valence-corrected chi connectivity index (χ3v) is 4.16. The minimum atomic E-state index is -0.504. The van der Waals surface area contributed by atoms with E-state index in [-0.39, 0.29) is 6.09 Å². The van der Waals surface area contributed by atoms with Gasteiger partial charge in [0, 0.05) is 12.3 Å². The fraction of sp³-hybridized carbons (Fsp3) is 0.571. The minimum absolute atomic E-state index is 0.299. The summed E-state index contributed by atoms with van der Waals surface area (Å²) in [5, 5.41) is 0. The quantitative estimate of drug-likeness (QED) is 0.688. The largest absolute Gasteiger partial charge is 0.495 e. The van der Waals surface area contributed by atoms with Gasteiger partial charge < -0.3 is 19.1 Å². The molecule has 0 radical (unpaired) electrons. The Hall–Kier alpha value is -2.41. The number of aromatic nitrogens is 1. The highest BCUT2D eigenvalue weighted by Crippen LogP contribution is 2.21. The summed E-state index contributed by atoms with van der Waals surface area (Å²) in [6.45, 7) is 11.5. The molecule has 1 amide bonds. The zero-order chi connectivity index (χ0) is 20.7. The van der Waals surface area contributed by atoms with Crippen LogP contribution in [0, 0.1) is 0 Å². The Balaban J connectivity index is 1.89. The van der Waals surface area contributed by atoms with Gasteiger partial charge in [0.05, 0.1) is 44.5 Å². The van der Waals surface area contributed by atoms with Crippen LogP contribution in [-0.4, -0.2) is 54.1 Å². The molecular weight excluding hydrogens is 358 g/mol. The van der Waals surface area contributed by atoms with Gasteiger partial charge in [-0.1, -0.05) is 0 Å². The van der Waals surface area contributed by atoms with E-state index in [1.165, 1.54) is 5.57 Å². The monoisotopic (exact) mass is 389 g/mol. The summed E-state index contributed by atoms with van der Waals surface area (Å²) in [6.07, 6.45) is 2.16. The molecule has 2 rings (SSSR count). The van der Waals surface area contributed by atoms with Crippen LogP contribution in [-0.2, 0) is 16.1 Å². The molecule has 0 saturated heterocycles. The standard InChI is InChI=1S/C21H31N3O4/c1-15-9-10-24(20(25)28-21(3,4)5)12-19(15)23-16(2)13-27-14-17-7-8-18(26-6)11-22-17/h7-8,11H,9-10,12-14H2,1-6H3. The predicted octanol–water partition coefficient (Wildman–Crippen LogP) is 3.98. The predicted molar refractivity (Wildman–Crippen MR) is 109 cm³/mol. The lowest BCUT2D eigenvalue weighted by molar-refractivity contribution is 0.0259. The van der Waals surface area contributed by atoms with Gasteiger partial charge in [-0.2, -0.15) is 0 Å². The molecule has 7 heteroatoms. The lowest BCUT2D eigenvalue weighted by Crippen LogP contribution is -2.40. The number of nitrogens with zero attached hydrogens (tertiary/aromatic N) is 3. The Bertz CT molecular complexity index is 733. The van der Waals surface area contributed by atoms with Gasteiger partial charge in [-0.05, 0) is 58.7 Å². The van der Waals surface area contributed by atoms with Crippen molar-refractivity contribution in [2.24, 2.45) is 4.99 Å². The second-order valence-electron chi connectivity index (χ2n) is 7.91. The lowest BCUT2D eigenvalue weighted by atomic mass is 10.1. The number of carbonyl (C=O) groups is 1. The Labute approximate surface area is 167 Å². The van der Waals surface area contributed by atoms with Gasteiger partial charge in [-0.3, -0.25) is 9.98 Å². The van der Waals surface area contributed by atoms with Crippen molar-refractivity contribution in [3.63, 3.8) is 0 Å². The molecule has 0 aliphatic carbocycles. The Morgan fingerprint density at radius 3 is 2.68 bits per heavy atom. The zero-order valence-electron chi connectivity index (χ0n) is 17.7. The molecule has 0 saturated carbocycles. The molecule has 0 atom stereocenters. The van der Waals surface area contributed by atoms with Crippen LogP contribution < -0.4 is 4.74 Å². The molecule has 0 fully saturated rings. The van der Waals surface area contributed by atoms with Crippen LogP contribution in [0.4, 0.5) is 4.79 Å². The highest BCUT2D eigenvalue weighted by molar-refractivity contribution is 5.84. The van der Waals surface area contributed by atoms with E-state index in [0.717, 1.165) is 29.3 Å². The number of rotatable bonds is 6. The van der Waals surface area contributed by atoms with E-state index in [9.17, 15) is 4.79 Å². The molecule has 1 aromatic heterocycles. The number of amides is 1. The van der Waals surface area contributed by atoms with Crippen LogP contribution >= 0.6 is 0 Å². The average Bonchev–Trinajstić information content (AvgIpc) is 2.62. The van der Waals surface area contributed by atoms with Crippen LogP contribution in [0.5, 0.6) is 5.75 Å². The zero-order valence-corrected chi connectivity index (χ0v) is 17.7. The average molecular weight is 389 g/mol. The van der Waals surface area contributed by atoms with E-state index in [1.807, 2.05) is 39.8 Å². The maximum absolute atomic E-state index is 12.3. The summed E-state index contributed by atoms with van der Waals surface area (Å²) in [6, 6.07) is 3.73. The number of carbonyl (C=O) groups excluding carboxylic acids is 1. The maximum Gasteiger partial charge on any atom is 0.410 e. The molecule has 7 nitrogen and oxygen atoms in total. The summed E-state index contributed by atoms with van der Waals surface area (Å²) >= 11 is 0. The van der Waals surface area contributed by atoms with Gasteiger partial charge in [-0.15, -0.1) is 0 Å². The summed E-state index contributed by atoms with van der Waals surface area (Å²) < 4.78 is 16.3. The second-order valence-corrected chi connectivity index (χ2v) is 7.91. The van der Waals surface area contributed by atoms with Gasteiger partial charge in [0.2, 0.25) is 0 Å². The van der Waals surface area contributed by atoms with Crippen molar-refractivity contribution in [1.29, 1.82) is 0 Å². The molecule has 154 valence electrons. The van der Waals surface area contributed by atoms with Crippen molar-refractivity contribution < 1.29 is 19.0 Å². The van der Waals surface area contributed by atoms with Crippen LogP contribution in [0.15, 0.2) is 34.6 Å². The number of ether oxygens (including phenoxy) is 3. The first-order chi connectivity index (χ1) is 13.2. The van der Waals surface area contributed by atoms with Gasteiger partial charge in [-0.25, -0.2) is 4.79 Å². The van der Waals surface area contributed by atoms with Crippen molar-refractivity contribution in [3.05, 3.63) is 35.3 Å². The summed E-state index contributed by atoms with van der Waals surface area (Å²) in [5.74, 6) is 0.718. The smallest absolute Gasteiger partial charge is 0.410 e. The molecule has 0 spiro atoms. The highest BCUT2D eigenvalue weighted by atomic mass is 16.6. The summed E-state index contributed by atoms with van der Waals surface area (Å²) in [7, 11) is 1.61. The number of methoxy groups -OCH3 is 1. The molecule has 1 aliphatic heterocycles. The number of hydrogen-bond donors (Lipinski definition) is 0. The fourth-order valence-corrected chi connectivity index (χ4v) is 2.64. The van der Waals surface area contributed by atoms with Crippen molar-refractivity contribution in [2.45, 2.75) is 53.2 Å². The molecule has 1 aromatic rings. The van der Waals surface area contributed by atoms with E-state index >= 15 is 0 Å². The topological polar surface area (TPSA) is 73.2 Å². The normalized spacial score (nSPS) is 15.6. The van der Waals surface area contributed by atoms with Gasteiger partial charge in [0.1, 0.15) is 11.4 Å². The molecule has 28 heavy (non-hydrogen) atoms. The van der Waals surface area contributed by atoms with E-state index < -0.39 is 5.60 Å². The van der Waals surface area contributed by atoms with Crippen LogP contribution in [0.3, 0.4) is 0 Å². The molecule has 0 unspecified atom stereocenters. The number of hydrogen-bond acceptors (Lipinski definition) is 6. The molecule has 0 bridgehead atoms. The van der Waals surface area contributed by atoms with Crippen molar-refractivity contribution in [1.82, 2.24) is 9.88 Å². The van der Waals surface area contributed by atoms with Crippen molar-refractivity contribution >= 4 is 11.8 Å². The number of aliphatic imine (C=N–C) groups is 1. The van der Waals surface area contributed by atoms with Crippen LogP contribution in [0.2, 0.25) is 0 Å². The SMILES string of the molecule is COc1ccc(COCC(C)=NC2=C(C)CCN(C(=O)OC(C)(C)C)C2)nc1. The second kappa shape index (κ2) is 9.68. The maximum atomic E-state index is 12.3. The van der Waals surface area contributed by atoms with Crippen molar-refractivity contribution in [2.75, 3.05) is 26.8 Å². The Morgan fingerprint density at radius 2 is 2.07 bits per heavy atom. The van der Waals surface area contributed by atoms with E-state index in [4.69, 9.17) is 14.2 Å². The molecule has 1 aliphatic rings. The third-order valence-electron chi connectivity index (χ3n) is 4.16. The van der Waals surface area contributed by atoms with E-state index in [2.05, 4.69) is 16.9 Å². The molecule has 0 N–H and O–H groups in total. The van der Waals surface area contributed by atoms with E-state index in [0.29, 0.717) is 26.3 Å². The first-order valence-electron chi connectivity index (χ1n) is 9.45. The minimum Gasteiger partial charge on any atom is -0.495 e. The van der Waals surface area contributed by atoms with Crippen molar-refractivity contribution in [3.8, 4) is 5.75 Å². The summed E-state index contributed by atoms with van der Waals surface area (Å²) in [4.78, 5) is 23.0. The van der Waals surface area contributed by atoms with E-state index in [1.54, 1.807) is 18.2 Å². The molecule has 0 aromatic carbocycles. The first-order valence-corrected chi connectivity index (χ1v) is 9.45. The highest BCUT2D eigenvalue weighted by Gasteiger charge is 2.25. The van der Waals surface area contributed by atoms with Crippen LogP contribution in [0.1, 0.15) is 46.7 Å². The van der Waals surface area contributed by atoms with Gasteiger partial charge in [0.25, 0.3) is 0 Å². The molecular formula is C21H31N3O4. The Morgan fingerprint density at radius 1 is 1.32 bits per heavy atom. The third kappa shape index (κ3) is 6.96. The molecule has 2 heterocycles.